The van der Waals surface area contributed by atoms with Crippen molar-refractivity contribution in [3.63, 3.8) is 0 Å². The van der Waals surface area contributed by atoms with Gasteiger partial charge < -0.3 is 10.1 Å². The molecule has 118 valence electrons. The first-order valence-electron chi connectivity index (χ1n) is 6.80. The van der Waals surface area contributed by atoms with Crippen molar-refractivity contribution >= 4 is 44.9 Å². The van der Waals surface area contributed by atoms with Gasteiger partial charge in [-0.05, 0) is 60.7 Å². The lowest BCUT2D eigenvalue weighted by molar-refractivity contribution is 0.0977. The topological polar surface area (TPSA) is 50.4 Å². The summed E-state index contributed by atoms with van der Waals surface area (Å²) in [6, 6.07) is 14.3. The van der Waals surface area contributed by atoms with Crippen LogP contribution in [0.15, 0.2) is 65.7 Å². The number of amides is 1. The van der Waals surface area contributed by atoms with Crippen molar-refractivity contribution in [2.24, 2.45) is 0 Å². The van der Waals surface area contributed by atoms with Crippen LogP contribution in [0.2, 0.25) is 0 Å². The molecule has 6 heteroatoms. The standard InChI is InChI=1S/C17H15BrN2O2S/c1-2-11-22-15-9-7-14(8-10-15)19-17(23)20-16(21)12-3-5-13(18)6-4-12/h2-10H,1,11H2,(H2,19,20,21,23). The van der Waals surface area contributed by atoms with Gasteiger partial charge in [-0.15, -0.1) is 0 Å². The molecule has 2 rings (SSSR count). The quantitative estimate of drug-likeness (QED) is 0.594. The first-order valence-corrected chi connectivity index (χ1v) is 8.00. The molecule has 0 saturated heterocycles. The molecule has 0 atom stereocenters. The van der Waals surface area contributed by atoms with Crippen LogP contribution in [-0.4, -0.2) is 17.6 Å². The Labute approximate surface area is 148 Å². The fourth-order valence-electron chi connectivity index (χ4n) is 1.73. The molecule has 0 aliphatic heterocycles. The summed E-state index contributed by atoms with van der Waals surface area (Å²) >= 11 is 8.47. The summed E-state index contributed by atoms with van der Waals surface area (Å²) in [6.07, 6.45) is 1.68. The van der Waals surface area contributed by atoms with E-state index in [9.17, 15) is 4.79 Å². The molecule has 0 aliphatic carbocycles. The van der Waals surface area contributed by atoms with Crippen molar-refractivity contribution in [3.8, 4) is 5.75 Å². The van der Waals surface area contributed by atoms with Gasteiger partial charge in [0, 0.05) is 15.7 Å². The van der Waals surface area contributed by atoms with Crippen molar-refractivity contribution in [1.82, 2.24) is 5.32 Å². The van der Waals surface area contributed by atoms with Gasteiger partial charge in [0.15, 0.2) is 5.11 Å². The summed E-state index contributed by atoms with van der Waals surface area (Å²) in [6.45, 7) is 4.05. The molecule has 0 radical (unpaired) electrons. The van der Waals surface area contributed by atoms with E-state index in [-0.39, 0.29) is 11.0 Å². The van der Waals surface area contributed by atoms with Gasteiger partial charge in [-0.2, -0.15) is 0 Å². The summed E-state index contributed by atoms with van der Waals surface area (Å²) in [5.74, 6) is 0.473. The van der Waals surface area contributed by atoms with Gasteiger partial charge in [0.25, 0.3) is 5.91 Å². The highest BCUT2D eigenvalue weighted by atomic mass is 79.9. The predicted molar refractivity (Wildman–Crippen MR) is 100.0 cm³/mol. The Morgan fingerprint density at radius 2 is 1.83 bits per heavy atom. The van der Waals surface area contributed by atoms with E-state index in [0.717, 1.165) is 15.9 Å². The van der Waals surface area contributed by atoms with Crippen LogP contribution < -0.4 is 15.4 Å². The fraction of sp³-hybridized carbons (Fsp3) is 0.0588. The second-order valence-corrected chi connectivity index (χ2v) is 5.86. The van der Waals surface area contributed by atoms with Crippen molar-refractivity contribution in [1.29, 1.82) is 0 Å². The zero-order chi connectivity index (χ0) is 16.7. The lowest BCUT2D eigenvalue weighted by atomic mass is 10.2. The molecule has 0 fully saturated rings. The molecule has 2 aromatic carbocycles. The van der Waals surface area contributed by atoms with Crippen molar-refractivity contribution in [3.05, 3.63) is 71.2 Å². The third-order valence-corrected chi connectivity index (χ3v) is 3.55. The smallest absolute Gasteiger partial charge is 0.257 e. The van der Waals surface area contributed by atoms with Gasteiger partial charge in [-0.3, -0.25) is 10.1 Å². The van der Waals surface area contributed by atoms with E-state index in [2.05, 4.69) is 33.1 Å². The number of hydrogen-bond donors (Lipinski definition) is 2. The Kier molecular flexibility index (Phi) is 6.31. The van der Waals surface area contributed by atoms with Crippen LogP contribution in [0.1, 0.15) is 10.4 Å². The fourth-order valence-corrected chi connectivity index (χ4v) is 2.20. The average molecular weight is 391 g/mol. The number of carbonyl (C=O) groups excluding carboxylic acids is 1. The molecule has 4 nitrogen and oxygen atoms in total. The number of halogens is 1. The lowest BCUT2D eigenvalue weighted by Crippen LogP contribution is -2.34. The van der Waals surface area contributed by atoms with E-state index in [1.54, 1.807) is 30.3 Å². The molecule has 0 spiro atoms. The maximum Gasteiger partial charge on any atom is 0.257 e. The van der Waals surface area contributed by atoms with E-state index in [4.69, 9.17) is 17.0 Å². The molecule has 0 aromatic heterocycles. The summed E-state index contributed by atoms with van der Waals surface area (Å²) < 4.78 is 6.31. The highest BCUT2D eigenvalue weighted by Gasteiger charge is 2.07. The molecule has 0 unspecified atom stereocenters. The molecule has 2 aromatic rings. The minimum atomic E-state index is -0.263. The zero-order valence-electron chi connectivity index (χ0n) is 12.2. The largest absolute Gasteiger partial charge is 0.490 e. The minimum absolute atomic E-state index is 0.234. The average Bonchev–Trinajstić information content (AvgIpc) is 2.54. The van der Waals surface area contributed by atoms with Crippen LogP contribution in [0.3, 0.4) is 0 Å². The van der Waals surface area contributed by atoms with Crippen LogP contribution in [0.5, 0.6) is 5.75 Å². The molecular weight excluding hydrogens is 376 g/mol. The van der Waals surface area contributed by atoms with E-state index >= 15 is 0 Å². The number of carbonyl (C=O) groups is 1. The molecular formula is C17H15BrN2O2S. The summed E-state index contributed by atoms with van der Waals surface area (Å²) in [7, 11) is 0. The summed E-state index contributed by atoms with van der Waals surface area (Å²) in [5, 5.41) is 5.82. The van der Waals surface area contributed by atoms with Gasteiger partial charge in [0.05, 0.1) is 0 Å². The van der Waals surface area contributed by atoms with Gasteiger partial charge >= 0.3 is 0 Å². The van der Waals surface area contributed by atoms with Gasteiger partial charge in [0.2, 0.25) is 0 Å². The molecule has 23 heavy (non-hydrogen) atoms. The predicted octanol–water partition coefficient (Wildman–Crippen LogP) is 4.14. The lowest BCUT2D eigenvalue weighted by Gasteiger charge is -2.10. The number of rotatable bonds is 5. The molecule has 1 amide bonds. The first-order chi connectivity index (χ1) is 11.1. The normalized spacial score (nSPS) is 9.78. The number of anilines is 1. The maximum absolute atomic E-state index is 12.0. The van der Waals surface area contributed by atoms with Crippen molar-refractivity contribution in [2.45, 2.75) is 0 Å². The van der Waals surface area contributed by atoms with Gasteiger partial charge in [-0.1, -0.05) is 28.6 Å². The Bertz CT molecular complexity index is 700. The van der Waals surface area contributed by atoms with Crippen LogP contribution in [0, 0.1) is 0 Å². The third-order valence-electron chi connectivity index (χ3n) is 2.81. The highest BCUT2D eigenvalue weighted by molar-refractivity contribution is 9.10. The summed E-state index contributed by atoms with van der Waals surface area (Å²) in [4.78, 5) is 12.0. The zero-order valence-corrected chi connectivity index (χ0v) is 14.6. The second kappa shape index (κ2) is 8.45. The van der Waals surface area contributed by atoms with Crippen LogP contribution >= 0.6 is 28.1 Å². The number of benzene rings is 2. The van der Waals surface area contributed by atoms with Crippen LogP contribution in [-0.2, 0) is 0 Å². The van der Waals surface area contributed by atoms with E-state index in [0.29, 0.717) is 12.2 Å². The second-order valence-electron chi connectivity index (χ2n) is 4.54. The van der Waals surface area contributed by atoms with Crippen LogP contribution in [0.25, 0.3) is 0 Å². The van der Waals surface area contributed by atoms with Crippen LogP contribution in [0.4, 0.5) is 5.69 Å². The maximum atomic E-state index is 12.0. The van der Waals surface area contributed by atoms with Gasteiger partial charge in [0.1, 0.15) is 12.4 Å². The molecule has 0 saturated carbocycles. The Balaban J connectivity index is 1.90. The summed E-state index contributed by atoms with van der Waals surface area (Å²) in [5.41, 5.74) is 1.29. The number of ether oxygens (including phenoxy) is 1. The Morgan fingerprint density at radius 1 is 1.17 bits per heavy atom. The third kappa shape index (κ3) is 5.50. The van der Waals surface area contributed by atoms with E-state index in [1.165, 1.54) is 0 Å². The Hall–Kier alpha value is -2.18. The molecule has 0 bridgehead atoms. The van der Waals surface area contributed by atoms with E-state index < -0.39 is 0 Å². The van der Waals surface area contributed by atoms with E-state index in [1.807, 2.05) is 24.3 Å². The van der Waals surface area contributed by atoms with Gasteiger partial charge in [-0.25, -0.2) is 0 Å². The molecule has 2 N–H and O–H groups in total. The monoisotopic (exact) mass is 390 g/mol. The number of thiocarbonyl (C=S) groups is 1. The van der Waals surface area contributed by atoms with Crippen molar-refractivity contribution < 1.29 is 9.53 Å². The SMILES string of the molecule is C=CCOc1ccc(NC(=S)NC(=O)c2ccc(Br)cc2)cc1. The minimum Gasteiger partial charge on any atom is -0.490 e. The molecule has 0 heterocycles. The number of nitrogens with one attached hydrogen (secondary N) is 2. The number of hydrogen-bond acceptors (Lipinski definition) is 3. The molecule has 0 aliphatic rings. The highest BCUT2D eigenvalue weighted by Crippen LogP contribution is 2.15. The Morgan fingerprint density at radius 3 is 2.43 bits per heavy atom. The van der Waals surface area contributed by atoms with Crippen molar-refractivity contribution in [2.75, 3.05) is 11.9 Å². The first kappa shape index (κ1) is 17.2.